The van der Waals surface area contributed by atoms with Crippen LogP contribution in [0.4, 0.5) is 0 Å². The summed E-state index contributed by atoms with van der Waals surface area (Å²) in [7, 11) is 2.04. The van der Waals surface area contributed by atoms with E-state index in [1.807, 2.05) is 7.05 Å². The Hall–Kier alpha value is 0.500. The molecule has 2 N–H and O–H groups in total. The van der Waals surface area contributed by atoms with Crippen LogP contribution in [0.1, 0.15) is 6.92 Å². The van der Waals surface area contributed by atoms with Gasteiger partial charge in [0.1, 0.15) is 12.6 Å². The van der Waals surface area contributed by atoms with Crippen LogP contribution in [0.25, 0.3) is 0 Å². The molecule has 0 saturated heterocycles. The van der Waals surface area contributed by atoms with Crippen LogP contribution in [0.15, 0.2) is 0 Å². The molecule has 2 nitrogen and oxygen atoms in total. The maximum absolute atomic E-state index is 9.01. The second kappa shape index (κ2) is 7.61. The van der Waals surface area contributed by atoms with Crippen molar-refractivity contribution in [2.75, 3.05) is 26.0 Å². The third kappa shape index (κ3) is 6.62. The summed E-state index contributed by atoms with van der Waals surface area (Å²) in [5.41, 5.74) is 0. The van der Waals surface area contributed by atoms with Gasteiger partial charge in [0.25, 0.3) is 0 Å². The van der Waals surface area contributed by atoms with Gasteiger partial charge in [0.05, 0.1) is 19.5 Å². The molecule has 64 valence electrons. The molecule has 0 aliphatic heterocycles. The molecule has 0 spiro atoms. The summed E-state index contributed by atoms with van der Waals surface area (Å²) < 4.78 is 0. The minimum atomic E-state index is -0.341. The third-order valence-electron chi connectivity index (χ3n) is 1.37. The van der Waals surface area contributed by atoms with Gasteiger partial charge in [-0.25, -0.2) is 0 Å². The number of hydrogen-bond donors (Lipinski definition) is 2. The number of aliphatic hydroxyl groups excluding tert-OH is 1. The van der Waals surface area contributed by atoms with Crippen molar-refractivity contribution in [2.45, 2.75) is 13.0 Å². The molecule has 0 bridgehead atoms. The number of quaternary nitrogens is 1. The monoisotopic (exact) mass is 187 g/mol. The molecule has 0 radical (unpaired) electrons. The van der Waals surface area contributed by atoms with Crippen molar-refractivity contribution in [3.05, 3.63) is 0 Å². The lowest BCUT2D eigenvalue weighted by molar-refractivity contribution is -0.880. The predicted octanol–water partition coefficient (Wildman–Crippen LogP) is -3.88. The smallest absolute Gasteiger partial charge is 0.116 e. The maximum atomic E-state index is 9.01. The zero-order valence-corrected chi connectivity index (χ0v) is 7.91. The van der Waals surface area contributed by atoms with Crippen molar-refractivity contribution in [1.29, 1.82) is 0 Å². The lowest BCUT2D eigenvalue weighted by Crippen LogP contribution is -3.09. The second-order valence-electron chi connectivity index (χ2n) is 2.32. The number of halogens is 2. The summed E-state index contributed by atoms with van der Waals surface area (Å²) in [6.45, 7) is 3.87. The summed E-state index contributed by atoms with van der Waals surface area (Å²) in [6, 6.07) is 0. The number of alkyl halides is 1. The van der Waals surface area contributed by atoms with Gasteiger partial charge >= 0.3 is 0 Å². The van der Waals surface area contributed by atoms with E-state index in [0.29, 0.717) is 5.88 Å². The topological polar surface area (TPSA) is 24.7 Å². The lowest BCUT2D eigenvalue weighted by atomic mass is 10.4. The summed E-state index contributed by atoms with van der Waals surface area (Å²) >= 11 is 5.39. The van der Waals surface area contributed by atoms with Crippen molar-refractivity contribution >= 4 is 11.6 Å². The Morgan fingerprint density at radius 2 is 2.10 bits per heavy atom. The first kappa shape index (κ1) is 13.1. The largest absolute Gasteiger partial charge is 1.00 e. The van der Waals surface area contributed by atoms with Crippen molar-refractivity contribution in [3.8, 4) is 0 Å². The Bertz CT molecular complexity index is 64.8. The standard InChI is InChI=1S/C6H14ClNO.ClH/c1-3-8(2)5-6(9)4-7;/h6,9H,3-5H2,1-2H3;1H. The van der Waals surface area contributed by atoms with Crippen LogP contribution in [0.5, 0.6) is 0 Å². The average Bonchev–Trinajstić information content (AvgIpc) is 1.87. The van der Waals surface area contributed by atoms with E-state index in [2.05, 4.69) is 6.92 Å². The quantitative estimate of drug-likeness (QED) is 0.433. The summed E-state index contributed by atoms with van der Waals surface area (Å²) in [5, 5.41) is 9.01. The van der Waals surface area contributed by atoms with Gasteiger partial charge in [-0.15, -0.1) is 11.6 Å². The van der Waals surface area contributed by atoms with Gasteiger partial charge in [-0.05, 0) is 6.92 Å². The van der Waals surface area contributed by atoms with Gasteiger partial charge in [0.15, 0.2) is 0 Å². The van der Waals surface area contributed by atoms with E-state index in [1.165, 1.54) is 4.90 Å². The van der Waals surface area contributed by atoms with Gasteiger partial charge in [0, 0.05) is 0 Å². The van der Waals surface area contributed by atoms with Crippen molar-refractivity contribution < 1.29 is 22.4 Å². The Morgan fingerprint density at radius 3 is 2.40 bits per heavy atom. The first-order valence-electron chi connectivity index (χ1n) is 3.26. The highest BCUT2D eigenvalue weighted by atomic mass is 35.5. The van der Waals surface area contributed by atoms with E-state index in [0.717, 1.165) is 13.1 Å². The Morgan fingerprint density at radius 1 is 1.60 bits per heavy atom. The Kier molecular flexibility index (Phi) is 9.97. The number of aliphatic hydroxyl groups is 1. The van der Waals surface area contributed by atoms with Crippen LogP contribution < -0.4 is 17.3 Å². The van der Waals surface area contributed by atoms with Gasteiger partial charge in [0.2, 0.25) is 0 Å². The molecule has 0 saturated carbocycles. The molecule has 0 rings (SSSR count). The van der Waals surface area contributed by atoms with E-state index in [4.69, 9.17) is 16.7 Å². The number of hydrogen-bond acceptors (Lipinski definition) is 1. The number of likely N-dealkylation sites (N-methyl/N-ethyl adjacent to an activating group) is 1. The first-order valence-corrected chi connectivity index (χ1v) is 3.79. The summed E-state index contributed by atoms with van der Waals surface area (Å²) in [5.74, 6) is 0.345. The van der Waals surface area contributed by atoms with Crippen LogP contribution in [0.2, 0.25) is 0 Å². The van der Waals surface area contributed by atoms with Gasteiger partial charge < -0.3 is 22.4 Å². The summed E-state index contributed by atoms with van der Waals surface area (Å²) in [4.78, 5) is 1.31. The van der Waals surface area contributed by atoms with Crippen molar-refractivity contribution in [3.63, 3.8) is 0 Å². The highest BCUT2D eigenvalue weighted by Crippen LogP contribution is 1.80. The molecular formula is C6H15Cl2NO. The second-order valence-corrected chi connectivity index (χ2v) is 2.63. The molecule has 4 heteroatoms. The minimum absolute atomic E-state index is 0. The zero-order chi connectivity index (χ0) is 7.28. The van der Waals surface area contributed by atoms with Crippen LogP contribution >= 0.6 is 11.6 Å². The van der Waals surface area contributed by atoms with Crippen LogP contribution in [0, 0.1) is 0 Å². The highest BCUT2D eigenvalue weighted by molar-refractivity contribution is 6.18. The fraction of sp³-hybridized carbons (Fsp3) is 1.00. The maximum Gasteiger partial charge on any atom is 0.116 e. The molecule has 0 aliphatic rings. The molecule has 0 aromatic carbocycles. The molecule has 0 aliphatic carbocycles. The molecule has 2 unspecified atom stereocenters. The molecule has 0 fully saturated rings. The molecule has 2 atom stereocenters. The van der Waals surface area contributed by atoms with Crippen molar-refractivity contribution in [1.82, 2.24) is 0 Å². The third-order valence-corrected chi connectivity index (χ3v) is 1.72. The SMILES string of the molecule is CC[NH+](C)CC(O)CCl.[Cl-]. The van der Waals surface area contributed by atoms with E-state index in [9.17, 15) is 0 Å². The van der Waals surface area contributed by atoms with Gasteiger partial charge in [-0.2, -0.15) is 0 Å². The Balaban J connectivity index is 0. The zero-order valence-electron chi connectivity index (χ0n) is 6.40. The molecule has 0 aromatic heterocycles. The lowest BCUT2D eigenvalue weighted by Gasteiger charge is -2.13. The Labute approximate surface area is 73.6 Å². The number of nitrogens with one attached hydrogen (secondary N) is 1. The van der Waals surface area contributed by atoms with Gasteiger partial charge in [-0.3, -0.25) is 0 Å². The van der Waals surface area contributed by atoms with E-state index in [1.54, 1.807) is 0 Å². The molecule has 0 amide bonds. The summed E-state index contributed by atoms with van der Waals surface area (Å²) in [6.07, 6.45) is -0.341. The molecule has 0 heterocycles. The first-order chi connectivity index (χ1) is 4.20. The number of rotatable bonds is 4. The fourth-order valence-electron chi connectivity index (χ4n) is 0.601. The van der Waals surface area contributed by atoms with Crippen molar-refractivity contribution in [2.24, 2.45) is 0 Å². The highest BCUT2D eigenvalue weighted by Gasteiger charge is 2.06. The predicted molar refractivity (Wildman–Crippen MR) is 39.0 cm³/mol. The van der Waals surface area contributed by atoms with Crippen LogP contribution in [-0.4, -0.2) is 37.2 Å². The van der Waals surface area contributed by atoms with E-state index >= 15 is 0 Å². The molecule has 0 aromatic rings. The fourth-order valence-corrected chi connectivity index (χ4v) is 0.710. The molecule has 10 heavy (non-hydrogen) atoms. The molecular weight excluding hydrogens is 173 g/mol. The van der Waals surface area contributed by atoms with Gasteiger partial charge in [-0.1, -0.05) is 0 Å². The van der Waals surface area contributed by atoms with Crippen LogP contribution in [-0.2, 0) is 0 Å². The van der Waals surface area contributed by atoms with E-state index in [-0.39, 0.29) is 18.5 Å². The normalized spacial score (nSPS) is 15.6. The average molecular weight is 188 g/mol. The minimum Gasteiger partial charge on any atom is -1.00 e. The van der Waals surface area contributed by atoms with Crippen LogP contribution in [0.3, 0.4) is 0 Å². The van der Waals surface area contributed by atoms with E-state index < -0.39 is 0 Å².